The van der Waals surface area contributed by atoms with Gasteiger partial charge in [-0.1, -0.05) is 18.2 Å². The van der Waals surface area contributed by atoms with Crippen LogP contribution in [0.15, 0.2) is 41.7 Å². The second kappa shape index (κ2) is 5.03. The molecule has 0 saturated heterocycles. The van der Waals surface area contributed by atoms with Crippen molar-refractivity contribution < 1.29 is 5.11 Å². The summed E-state index contributed by atoms with van der Waals surface area (Å²) < 4.78 is 1.64. The van der Waals surface area contributed by atoms with E-state index in [-0.39, 0.29) is 12.4 Å². The molecule has 0 saturated carbocycles. The van der Waals surface area contributed by atoms with Crippen molar-refractivity contribution in [3.63, 3.8) is 0 Å². The van der Waals surface area contributed by atoms with Crippen molar-refractivity contribution in [2.75, 3.05) is 0 Å². The lowest BCUT2D eigenvalue weighted by atomic mass is 10.0. The number of benzene rings is 1. The fourth-order valence-corrected chi connectivity index (χ4v) is 3.17. The number of pyridine rings is 1. The average Bonchev–Trinajstić information content (AvgIpc) is 3.16. The van der Waals surface area contributed by atoms with E-state index >= 15 is 0 Å². The highest BCUT2D eigenvalue weighted by molar-refractivity contribution is 5.75. The molecule has 4 rings (SSSR count). The molecule has 1 aromatic carbocycles. The summed E-state index contributed by atoms with van der Waals surface area (Å²) in [5.74, 6) is 0.281. The minimum Gasteiger partial charge on any atom is -0.392 e. The number of aliphatic hydroxyl groups excluding tert-OH is 1. The van der Waals surface area contributed by atoms with Crippen LogP contribution < -0.4 is 0 Å². The predicted octanol–water partition coefficient (Wildman–Crippen LogP) is 3.38. The maximum absolute atomic E-state index is 11.3. The number of nitrogens with zero attached hydrogens (tertiary/aromatic N) is 3. The Labute approximate surface area is 127 Å². The third-order valence-electron chi connectivity index (χ3n) is 4.30. The molecule has 1 aliphatic carbocycles. The van der Waals surface area contributed by atoms with Crippen LogP contribution in [0.5, 0.6) is 0 Å². The highest BCUT2D eigenvalue weighted by Gasteiger charge is 2.18. The summed E-state index contributed by atoms with van der Waals surface area (Å²) in [7, 11) is 0. The first-order chi connectivity index (χ1) is 10.8. The van der Waals surface area contributed by atoms with E-state index in [1.807, 2.05) is 6.07 Å². The predicted molar refractivity (Wildman–Crippen MR) is 84.0 cm³/mol. The van der Waals surface area contributed by atoms with E-state index in [0.29, 0.717) is 11.3 Å². The fraction of sp³-hybridized carbons (Fsp3) is 0.235. The van der Waals surface area contributed by atoms with Crippen LogP contribution in [0.25, 0.3) is 16.9 Å². The van der Waals surface area contributed by atoms with Gasteiger partial charge in [0.2, 0.25) is 5.82 Å². The summed E-state index contributed by atoms with van der Waals surface area (Å²) in [5.41, 5.74) is 5.61. The first-order valence-electron chi connectivity index (χ1n) is 7.37. The molecule has 0 amide bonds. The zero-order valence-electron chi connectivity index (χ0n) is 12.0. The van der Waals surface area contributed by atoms with Crippen LogP contribution in [0.2, 0.25) is 0 Å². The molecule has 1 aliphatic rings. The number of hydrogen-bond donors (Lipinski definition) is 1. The van der Waals surface area contributed by atoms with E-state index in [1.165, 1.54) is 17.5 Å². The molecular weight excluding hydrogens is 278 g/mol. The summed E-state index contributed by atoms with van der Waals surface area (Å²) in [4.78, 5) is 15.9. The molecule has 0 radical (unpaired) electrons. The van der Waals surface area contributed by atoms with Gasteiger partial charge in [-0.2, -0.15) is 0 Å². The number of aromatic nitrogens is 2. The first-order valence-corrected chi connectivity index (χ1v) is 7.37. The number of fused-ring (bicyclic) bond motifs is 2. The Morgan fingerprint density at radius 2 is 2.05 bits per heavy atom. The topological polar surface area (TPSA) is 67.0 Å². The van der Waals surface area contributed by atoms with Gasteiger partial charge in [0.1, 0.15) is 11.3 Å². The summed E-state index contributed by atoms with van der Waals surface area (Å²) in [6.45, 7) is -0.0827. The molecule has 0 spiro atoms. The standard InChI is InChI=1S/C17H15N3O2/c21-10-11-4-7-15-18-16(17(19-22)20(15)9-11)14-6-5-12-2-1-3-13(12)8-14/h4-9,21H,1-3,10H2. The number of hydrogen-bond acceptors (Lipinski definition) is 4. The maximum atomic E-state index is 11.3. The first kappa shape index (κ1) is 13.2. The van der Waals surface area contributed by atoms with Gasteiger partial charge in [-0.25, -0.2) is 4.98 Å². The van der Waals surface area contributed by atoms with Gasteiger partial charge in [0, 0.05) is 11.8 Å². The smallest absolute Gasteiger partial charge is 0.209 e. The van der Waals surface area contributed by atoms with Crippen molar-refractivity contribution in [3.05, 3.63) is 58.1 Å². The van der Waals surface area contributed by atoms with Crippen LogP contribution in [0.3, 0.4) is 0 Å². The molecule has 0 atom stereocenters. The second-order valence-electron chi connectivity index (χ2n) is 5.64. The van der Waals surface area contributed by atoms with Gasteiger partial charge in [0.25, 0.3) is 0 Å². The van der Waals surface area contributed by atoms with Crippen LogP contribution >= 0.6 is 0 Å². The van der Waals surface area contributed by atoms with Gasteiger partial charge in [-0.05, 0) is 53.3 Å². The Morgan fingerprint density at radius 3 is 2.86 bits per heavy atom. The molecule has 2 heterocycles. The van der Waals surface area contributed by atoms with Crippen molar-refractivity contribution in [3.8, 4) is 11.3 Å². The van der Waals surface area contributed by atoms with Crippen LogP contribution in [0.1, 0.15) is 23.1 Å². The van der Waals surface area contributed by atoms with E-state index < -0.39 is 0 Å². The molecule has 110 valence electrons. The fourth-order valence-electron chi connectivity index (χ4n) is 3.17. The van der Waals surface area contributed by atoms with E-state index in [4.69, 9.17) is 0 Å². The van der Waals surface area contributed by atoms with E-state index in [0.717, 1.165) is 24.0 Å². The number of aryl methyl sites for hydroxylation is 2. The number of imidazole rings is 1. The minimum atomic E-state index is -0.0827. The van der Waals surface area contributed by atoms with Crippen LogP contribution in [0, 0.1) is 4.91 Å². The van der Waals surface area contributed by atoms with Gasteiger partial charge < -0.3 is 5.11 Å². The summed E-state index contributed by atoms with van der Waals surface area (Å²) >= 11 is 0. The molecule has 5 heteroatoms. The molecule has 0 aliphatic heterocycles. The zero-order chi connectivity index (χ0) is 15.1. The normalized spacial score (nSPS) is 13.5. The van der Waals surface area contributed by atoms with Crippen molar-refractivity contribution in [1.82, 2.24) is 9.38 Å². The summed E-state index contributed by atoms with van der Waals surface area (Å²) in [6, 6.07) is 9.83. The minimum absolute atomic E-state index is 0.0827. The molecular formula is C17H15N3O2. The van der Waals surface area contributed by atoms with Crippen molar-refractivity contribution in [1.29, 1.82) is 0 Å². The molecule has 2 aromatic heterocycles. The number of nitroso groups, excluding NO2 is 1. The molecule has 3 aromatic rings. The van der Waals surface area contributed by atoms with E-state index in [9.17, 15) is 10.0 Å². The lowest BCUT2D eigenvalue weighted by Crippen LogP contribution is -1.89. The van der Waals surface area contributed by atoms with Gasteiger partial charge in [-0.3, -0.25) is 4.40 Å². The summed E-state index contributed by atoms with van der Waals surface area (Å²) in [6.07, 6.45) is 5.09. The number of rotatable bonds is 3. The molecule has 0 fully saturated rings. The Balaban J connectivity index is 1.92. The Hall–Kier alpha value is -2.53. The zero-order valence-corrected chi connectivity index (χ0v) is 12.0. The van der Waals surface area contributed by atoms with Crippen molar-refractivity contribution in [2.45, 2.75) is 25.9 Å². The van der Waals surface area contributed by atoms with E-state index in [1.54, 1.807) is 22.7 Å². The lowest BCUT2D eigenvalue weighted by Gasteiger charge is -2.03. The molecule has 1 N–H and O–H groups in total. The van der Waals surface area contributed by atoms with Crippen molar-refractivity contribution in [2.24, 2.45) is 5.18 Å². The lowest BCUT2D eigenvalue weighted by molar-refractivity contribution is 0.281. The monoisotopic (exact) mass is 293 g/mol. The largest absolute Gasteiger partial charge is 0.392 e. The van der Waals surface area contributed by atoms with Gasteiger partial charge >= 0.3 is 0 Å². The van der Waals surface area contributed by atoms with Crippen LogP contribution in [-0.2, 0) is 19.4 Å². The van der Waals surface area contributed by atoms with Crippen LogP contribution in [0.4, 0.5) is 5.82 Å². The maximum Gasteiger partial charge on any atom is 0.209 e. The quantitative estimate of drug-likeness (QED) is 0.753. The van der Waals surface area contributed by atoms with Gasteiger partial charge in [-0.15, -0.1) is 4.91 Å². The van der Waals surface area contributed by atoms with Crippen molar-refractivity contribution >= 4 is 11.5 Å². The van der Waals surface area contributed by atoms with Crippen LogP contribution in [-0.4, -0.2) is 14.5 Å². The van der Waals surface area contributed by atoms with Gasteiger partial charge in [0.15, 0.2) is 0 Å². The second-order valence-corrected chi connectivity index (χ2v) is 5.64. The van der Waals surface area contributed by atoms with E-state index in [2.05, 4.69) is 22.3 Å². The Kier molecular flexibility index (Phi) is 3.01. The average molecular weight is 293 g/mol. The summed E-state index contributed by atoms with van der Waals surface area (Å²) in [5, 5.41) is 12.4. The molecule has 5 nitrogen and oxygen atoms in total. The Morgan fingerprint density at radius 1 is 1.18 bits per heavy atom. The highest BCUT2D eigenvalue weighted by atomic mass is 16.3. The molecule has 0 bridgehead atoms. The molecule has 22 heavy (non-hydrogen) atoms. The highest BCUT2D eigenvalue weighted by Crippen LogP contribution is 2.34. The third-order valence-corrected chi connectivity index (χ3v) is 4.30. The molecule has 0 unspecified atom stereocenters. The number of aliphatic hydroxyl groups is 1. The third kappa shape index (κ3) is 1.94. The Bertz CT molecular complexity index is 883. The SMILES string of the molecule is O=Nc1c(-c2ccc3c(c2)CCC3)nc2ccc(CO)cn12. The van der Waals surface area contributed by atoms with Gasteiger partial charge in [0.05, 0.1) is 6.61 Å².